The van der Waals surface area contributed by atoms with E-state index in [0.717, 1.165) is 18.4 Å². The van der Waals surface area contributed by atoms with Crippen molar-refractivity contribution in [3.05, 3.63) is 77.4 Å². The molecule has 0 unspecified atom stereocenters. The molecule has 0 atom stereocenters. The zero-order valence-corrected chi connectivity index (χ0v) is 17.1. The second-order valence-electron chi connectivity index (χ2n) is 7.26. The Morgan fingerprint density at radius 1 is 1.00 bits per heavy atom. The van der Waals surface area contributed by atoms with Gasteiger partial charge >= 0.3 is 6.18 Å². The third-order valence-electron chi connectivity index (χ3n) is 5.18. The number of halogens is 3. The maximum Gasteiger partial charge on any atom is 0.416 e. The lowest BCUT2D eigenvalue weighted by Gasteiger charge is -2.13. The molecule has 0 aliphatic heterocycles. The van der Waals surface area contributed by atoms with E-state index in [1.165, 1.54) is 18.2 Å². The maximum absolute atomic E-state index is 13.4. The molecule has 3 aromatic carbocycles. The molecule has 1 amide bonds. The van der Waals surface area contributed by atoms with E-state index in [0.29, 0.717) is 21.9 Å². The van der Waals surface area contributed by atoms with Gasteiger partial charge in [0, 0.05) is 29.1 Å². The van der Waals surface area contributed by atoms with Crippen LogP contribution in [0.25, 0.3) is 21.8 Å². The van der Waals surface area contributed by atoms with E-state index in [-0.39, 0.29) is 22.5 Å². The first-order chi connectivity index (χ1) is 14.5. The fraction of sp³-hybridized carbons (Fsp3) is 0.136. The van der Waals surface area contributed by atoms with E-state index >= 15 is 0 Å². The van der Waals surface area contributed by atoms with E-state index in [2.05, 4.69) is 0 Å². The first-order valence-corrected chi connectivity index (χ1v) is 11.1. The van der Waals surface area contributed by atoms with E-state index < -0.39 is 27.5 Å². The van der Waals surface area contributed by atoms with Gasteiger partial charge in [0.25, 0.3) is 0 Å². The van der Waals surface area contributed by atoms with Crippen LogP contribution < -0.4 is 5.73 Å². The third-order valence-corrected chi connectivity index (χ3v) is 6.38. The highest BCUT2D eigenvalue weighted by atomic mass is 32.2. The Morgan fingerprint density at radius 2 is 1.71 bits per heavy atom. The zero-order valence-electron chi connectivity index (χ0n) is 16.3. The number of hydrogen-bond acceptors (Lipinski definition) is 3. The van der Waals surface area contributed by atoms with Crippen molar-refractivity contribution in [2.45, 2.75) is 17.6 Å². The van der Waals surface area contributed by atoms with Crippen molar-refractivity contribution >= 4 is 37.6 Å². The zero-order chi connectivity index (χ0) is 22.6. The van der Waals surface area contributed by atoms with Crippen LogP contribution in [0, 0.1) is 0 Å². The van der Waals surface area contributed by atoms with Crippen LogP contribution in [-0.2, 0) is 22.6 Å². The minimum absolute atomic E-state index is 0.00717. The number of aromatic nitrogens is 1. The molecule has 0 saturated heterocycles. The highest BCUT2D eigenvalue weighted by molar-refractivity contribution is 7.90. The first-order valence-electron chi connectivity index (χ1n) is 9.18. The van der Waals surface area contributed by atoms with Crippen molar-refractivity contribution in [2.75, 3.05) is 6.26 Å². The average Bonchev–Trinajstić information content (AvgIpc) is 3.00. The molecule has 5 nitrogen and oxygen atoms in total. The molecule has 4 aromatic rings. The van der Waals surface area contributed by atoms with Crippen LogP contribution in [0.15, 0.2) is 65.6 Å². The van der Waals surface area contributed by atoms with E-state index in [4.69, 9.17) is 5.73 Å². The third kappa shape index (κ3) is 3.65. The number of hydrogen-bond donors (Lipinski definition) is 1. The Morgan fingerprint density at radius 3 is 2.35 bits per heavy atom. The smallest absolute Gasteiger partial charge is 0.366 e. The summed E-state index contributed by atoms with van der Waals surface area (Å²) in [6, 6.07) is 14.3. The summed E-state index contributed by atoms with van der Waals surface area (Å²) < 4.78 is 66.2. The monoisotopic (exact) mass is 446 g/mol. The second-order valence-corrected chi connectivity index (χ2v) is 9.24. The molecule has 0 fully saturated rings. The van der Waals surface area contributed by atoms with Crippen LogP contribution in [0.4, 0.5) is 13.2 Å². The van der Waals surface area contributed by atoms with Gasteiger partial charge in [0.05, 0.1) is 21.5 Å². The molecule has 0 bridgehead atoms. The van der Waals surface area contributed by atoms with Crippen LogP contribution in [0.1, 0.15) is 21.5 Å². The number of fused-ring (bicyclic) bond motifs is 3. The topological polar surface area (TPSA) is 82.2 Å². The number of alkyl halides is 3. The SMILES string of the molecule is CS(=O)(=O)c1ccccc1Cn1c2cc(C(F)(F)F)ccc2c2c(C(N)=O)cccc21. The van der Waals surface area contributed by atoms with Crippen LogP contribution >= 0.6 is 0 Å². The molecular weight excluding hydrogens is 429 g/mol. The molecule has 31 heavy (non-hydrogen) atoms. The Balaban J connectivity index is 2.08. The van der Waals surface area contributed by atoms with Crippen molar-refractivity contribution < 1.29 is 26.4 Å². The highest BCUT2D eigenvalue weighted by Crippen LogP contribution is 2.37. The van der Waals surface area contributed by atoms with E-state index in [1.807, 2.05) is 0 Å². The van der Waals surface area contributed by atoms with Gasteiger partial charge in [0.2, 0.25) is 5.91 Å². The van der Waals surface area contributed by atoms with Gasteiger partial charge in [-0.15, -0.1) is 0 Å². The average molecular weight is 446 g/mol. The molecule has 0 spiro atoms. The second kappa shape index (κ2) is 7.12. The fourth-order valence-electron chi connectivity index (χ4n) is 3.86. The van der Waals surface area contributed by atoms with Gasteiger partial charge in [-0.2, -0.15) is 13.2 Å². The lowest BCUT2D eigenvalue weighted by atomic mass is 10.0. The lowest BCUT2D eigenvalue weighted by Crippen LogP contribution is -2.11. The van der Waals surface area contributed by atoms with Crippen molar-refractivity contribution in [3.8, 4) is 0 Å². The number of carbonyl (C=O) groups is 1. The molecule has 0 radical (unpaired) electrons. The number of sulfone groups is 1. The number of nitrogens with zero attached hydrogens (tertiary/aromatic N) is 1. The first kappa shape index (κ1) is 20.9. The number of nitrogens with two attached hydrogens (primary N) is 1. The summed E-state index contributed by atoms with van der Waals surface area (Å²) >= 11 is 0. The summed E-state index contributed by atoms with van der Waals surface area (Å²) in [6.45, 7) is -0.00717. The van der Waals surface area contributed by atoms with Crippen LogP contribution in [0.2, 0.25) is 0 Å². The minimum atomic E-state index is -4.56. The molecule has 1 aromatic heterocycles. The van der Waals surface area contributed by atoms with Gasteiger partial charge in [-0.05, 0) is 35.9 Å². The van der Waals surface area contributed by atoms with Gasteiger partial charge in [-0.3, -0.25) is 4.79 Å². The van der Waals surface area contributed by atoms with E-state index in [1.54, 1.807) is 34.9 Å². The summed E-state index contributed by atoms with van der Waals surface area (Å²) in [5, 5.41) is 0.852. The Bertz CT molecular complexity index is 1450. The molecule has 1 heterocycles. The Labute approximate surface area is 175 Å². The normalized spacial score (nSPS) is 12.5. The van der Waals surface area contributed by atoms with Crippen molar-refractivity contribution in [1.82, 2.24) is 4.57 Å². The van der Waals surface area contributed by atoms with Crippen molar-refractivity contribution in [3.63, 3.8) is 0 Å². The molecular formula is C22H17F3N2O3S. The van der Waals surface area contributed by atoms with Crippen molar-refractivity contribution in [2.24, 2.45) is 5.73 Å². The summed E-state index contributed by atoms with van der Waals surface area (Å²) in [5.41, 5.74) is 5.96. The van der Waals surface area contributed by atoms with Gasteiger partial charge < -0.3 is 10.3 Å². The van der Waals surface area contributed by atoms with Crippen molar-refractivity contribution in [1.29, 1.82) is 0 Å². The lowest BCUT2D eigenvalue weighted by molar-refractivity contribution is -0.137. The molecule has 2 N–H and O–H groups in total. The minimum Gasteiger partial charge on any atom is -0.366 e. The fourth-order valence-corrected chi connectivity index (χ4v) is 4.80. The van der Waals surface area contributed by atoms with Gasteiger partial charge in [0.15, 0.2) is 9.84 Å². The van der Waals surface area contributed by atoms with E-state index in [9.17, 15) is 26.4 Å². The maximum atomic E-state index is 13.4. The molecule has 0 aliphatic rings. The molecule has 0 saturated carbocycles. The number of carbonyl (C=O) groups excluding carboxylic acids is 1. The molecule has 160 valence electrons. The quantitative estimate of drug-likeness (QED) is 0.506. The van der Waals surface area contributed by atoms with Gasteiger partial charge in [-0.1, -0.05) is 30.3 Å². The Kier molecular flexibility index (Phi) is 4.81. The number of benzene rings is 3. The molecule has 4 rings (SSSR count). The van der Waals surface area contributed by atoms with Crippen LogP contribution in [0.5, 0.6) is 0 Å². The standard InChI is InChI=1S/C22H17F3N2O3S/c1-31(29,30)19-8-3-2-5-13(19)12-27-17-7-4-6-16(21(26)28)20(17)15-10-9-14(11-18(15)27)22(23,24)25/h2-11H,12H2,1H3,(H2,26,28). The van der Waals surface area contributed by atoms with Gasteiger partial charge in [0.1, 0.15) is 0 Å². The number of rotatable bonds is 4. The summed E-state index contributed by atoms with van der Waals surface area (Å²) in [4.78, 5) is 12.1. The predicted molar refractivity (Wildman–Crippen MR) is 112 cm³/mol. The summed E-state index contributed by atoms with van der Waals surface area (Å²) in [5.74, 6) is -0.707. The number of amides is 1. The Hall–Kier alpha value is -3.33. The summed E-state index contributed by atoms with van der Waals surface area (Å²) in [6.07, 6.45) is -3.49. The predicted octanol–water partition coefficient (Wildman–Crippen LogP) is 4.36. The van der Waals surface area contributed by atoms with Crippen LogP contribution in [0.3, 0.4) is 0 Å². The summed E-state index contributed by atoms with van der Waals surface area (Å²) in [7, 11) is -3.56. The molecule has 0 aliphatic carbocycles. The number of primary amides is 1. The highest BCUT2D eigenvalue weighted by Gasteiger charge is 2.31. The van der Waals surface area contributed by atoms with Crippen LogP contribution in [-0.4, -0.2) is 25.1 Å². The largest absolute Gasteiger partial charge is 0.416 e. The molecule has 9 heteroatoms. The van der Waals surface area contributed by atoms with Gasteiger partial charge in [-0.25, -0.2) is 8.42 Å².